The monoisotopic (exact) mass is 452 g/mol. The molecule has 1 saturated carbocycles. The molecule has 2 N–H and O–H groups in total. The molecule has 2 heterocycles. The molecule has 2 aliphatic rings. The average molecular weight is 453 g/mol. The Morgan fingerprint density at radius 1 is 1.03 bits per heavy atom. The number of para-hydroxylation sites is 1. The molecule has 8 nitrogen and oxygen atoms in total. The van der Waals surface area contributed by atoms with Crippen LogP contribution in [0.4, 0.5) is 11.8 Å². The Bertz CT molecular complexity index is 978. The molecule has 2 fully saturated rings. The first-order chi connectivity index (χ1) is 15.9. The number of hydrogen-bond donors (Lipinski definition) is 2. The lowest BCUT2D eigenvalue weighted by Gasteiger charge is -2.32. The van der Waals surface area contributed by atoms with E-state index in [2.05, 4.69) is 16.7 Å². The molecule has 1 aliphatic carbocycles. The number of benzene rings is 1. The summed E-state index contributed by atoms with van der Waals surface area (Å²) in [7, 11) is 4.01. The number of anilines is 2. The van der Waals surface area contributed by atoms with Crippen molar-refractivity contribution in [3.05, 3.63) is 24.3 Å². The van der Waals surface area contributed by atoms with Gasteiger partial charge in [0.05, 0.1) is 5.52 Å². The second-order valence-electron chi connectivity index (χ2n) is 9.67. The molecule has 178 valence electrons. The Labute approximate surface area is 196 Å². The summed E-state index contributed by atoms with van der Waals surface area (Å²) in [5, 5.41) is 7.78. The van der Waals surface area contributed by atoms with Crippen molar-refractivity contribution in [1.29, 1.82) is 0 Å². The van der Waals surface area contributed by atoms with Crippen molar-refractivity contribution in [2.24, 2.45) is 11.8 Å². The van der Waals surface area contributed by atoms with Crippen molar-refractivity contribution in [3.8, 4) is 0 Å². The number of likely N-dealkylation sites (tertiary alicyclic amines) is 1. The van der Waals surface area contributed by atoms with Gasteiger partial charge < -0.3 is 20.4 Å². The van der Waals surface area contributed by atoms with Gasteiger partial charge in [0.25, 0.3) is 0 Å². The number of nitrogens with zero attached hydrogens (tertiary/aromatic N) is 4. The maximum Gasteiger partial charge on any atom is 0.225 e. The predicted molar refractivity (Wildman–Crippen MR) is 131 cm³/mol. The lowest BCUT2D eigenvalue weighted by molar-refractivity contribution is -0.134. The maximum absolute atomic E-state index is 12.6. The zero-order valence-electron chi connectivity index (χ0n) is 20.0. The van der Waals surface area contributed by atoms with E-state index < -0.39 is 0 Å². The largest absolute Gasteiger partial charge is 0.362 e. The Kier molecular flexibility index (Phi) is 7.30. The Balaban J connectivity index is 1.24. The summed E-state index contributed by atoms with van der Waals surface area (Å²) in [5.41, 5.74) is 0.948. The van der Waals surface area contributed by atoms with Crippen molar-refractivity contribution >= 4 is 34.5 Å². The standard InChI is InChI=1S/C25H36N6O2/c1-17(32)31-14-12-19(13-15-31)24(33)26-16-18-8-10-20(11-9-18)27-25-28-22-7-5-4-6-21(22)23(29-25)30(2)3/h4-7,18-20H,8-16H2,1-3H3,(H,26,33)(H,27,28,29)/t18-,20+. The number of amides is 2. The molecule has 1 aromatic heterocycles. The molecular weight excluding hydrogens is 416 g/mol. The van der Waals surface area contributed by atoms with Crippen molar-refractivity contribution in [2.75, 3.05) is 43.9 Å². The minimum Gasteiger partial charge on any atom is -0.362 e. The molecule has 4 rings (SSSR count). The number of piperidine rings is 1. The van der Waals surface area contributed by atoms with Gasteiger partial charge in [0.1, 0.15) is 5.82 Å². The Morgan fingerprint density at radius 3 is 2.39 bits per heavy atom. The number of carbonyl (C=O) groups excluding carboxylic acids is 2. The van der Waals surface area contributed by atoms with Crippen LogP contribution in [0.3, 0.4) is 0 Å². The van der Waals surface area contributed by atoms with Gasteiger partial charge in [-0.05, 0) is 56.6 Å². The van der Waals surface area contributed by atoms with E-state index in [0.29, 0.717) is 31.0 Å². The Morgan fingerprint density at radius 2 is 1.73 bits per heavy atom. The summed E-state index contributed by atoms with van der Waals surface area (Å²) in [6.45, 7) is 3.72. The molecule has 0 unspecified atom stereocenters. The van der Waals surface area contributed by atoms with E-state index in [1.165, 1.54) is 0 Å². The first-order valence-corrected chi connectivity index (χ1v) is 12.1. The van der Waals surface area contributed by atoms with Crippen LogP contribution in [-0.2, 0) is 9.59 Å². The first-order valence-electron chi connectivity index (χ1n) is 12.1. The maximum atomic E-state index is 12.6. The predicted octanol–water partition coefficient (Wildman–Crippen LogP) is 3.04. The molecule has 1 aromatic carbocycles. The molecule has 0 atom stereocenters. The molecule has 2 amide bonds. The molecule has 0 spiro atoms. The molecule has 0 bridgehead atoms. The van der Waals surface area contributed by atoms with E-state index in [1.807, 2.05) is 42.1 Å². The number of aromatic nitrogens is 2. The zero-order chi connectivity index (χ0) is 23.4. The normalized spacial score (nSPS) is 21.6. The fraction of sp³-hybridized carbons (Fsp3) is 0.600. The quantitative estimate of drug-likeness (QED) is 0.700. The number of carbonyl (C=O) groups is 2. The minimum absolute atomic E-state index is 0.0366. The van der Waals surface area contributed by atoms with Crippen LogP contribution in [0.5, 0.6) is 0 Å². The van der Waals surface area contributed by atoms with Crippen LogP contribution in [0.1, 0.15) is 45.4 Å². The van der Waals surface area contributed by atoms with Gasteiger partial charge in [-0.3, -0.25) is 9.59 Å². The van der Waals surface area contributed by atoms with Crippen LogP contribution < -0.4 is 15.5 Å². The van der Waals surface area contributed by atoms with Gasteiger partial charge in [-0.1, -0.05) is 12.1 Å². The highest BCUT2D eigenvalue weighted by Crippen LogP contribution is 2.28. The van der Waals surface area contributed by atoms with Gasteiger partial charge in [-0.15, -0.1) is 0 Å². The molecule has 1 saturated heterocycles. The third kappa shape index (κ3) is 5.72. The lowest BCUT2D eigenvalue weighted by atomic mass is 9.85. The van der Waals surface area contributed by atoms with Gasteiger partial charge in [-0.25, -0.2) is 4.98 Å². The van der Waals surface area contributed by atoms with Crippen LogP contribution in [0, 0.1) is 11.8 Å². The van der Waals surface area contributed by atoms with Crippen LogP contribution in [0.25, 0.3) is 10.9 Å². The second kappa shape index (κ2) is 10.4. The fourth-order valence-electron chi connectivity index (χ4n) is 5.00. The van der Waals surface area contributed by atoms with Crippen molar-refractivity contribution in [2.45, 2.75) is 51.5 Å². The van der Waals surface area contributed by atoms with Crippen molar-refractivity contribution in [1.82, 2.24) is 20.2 Å². The lowest BCUT2D eigenvalue weighted by Crippen LogP contribution is -2.43. The summed E-state index contributed by atoms with van der Waals surface area (Å²) >= 11 is 0. The zero-order valence-corrected chi connectivity index (χ0v) is 20.0. The molecule has 2 aromatic rings. The number of fused-ring (bicyclic) bond motifs is 1. The van der Waals surface area contributed by atoms with Gasteiger partial charge in [0, 0.05) is 58.0 Å². The summed E-state index contributed by atoms with van der Waals surface area (Å²) in [6.07, 6.45) is 5.78. The third-order valence-corrected chi connectivity index (χ3v) is 7.06. The second-order valence-corrected chi connectivity index (χ2v) is 9.67. The van der Waals surface area contributed by atoms with Gasteiger partial charge in [-0.2, -0.15) is 4.98 Å². The minimum atomic E-state index is 0.0366. The average Bonchev–Trinajstić information content (AvgIpc) is 2.83. The van der Waals surface area contributed by atoms with E-state index in [1.54, 1.807) is 6.92 Å². The van der Waals surface area contributed by atoms with Gasteiger partial charge >= 0.3 is 0 Å². The highest BCUT2D eigenvalue weighted by molar-refractivity contribution is 5.90. The van der Waals surface area contributed by atoms with Crippen LogP contribution in [-0.4, -0.2) is 66.5 Å². The highest BCUT2D eigenvalue weighted by atomic mass is 16.2. The van der Waals surface area contributed by atoms with Crippen LogP contribution >= 0.6 is 0 Å². The first kappa shape index (κ1) is 23.3. The fourth-order valence-corrected chi connectivity index (χ4v) is 5.00. The van der Waals surface area contributed by atoms with Crippen molar-refractivity contribution in [3.63, 3.8) is 0 Å². The highest BCUT2D eigenvalue weighted by Gasteiger charge is 2.27. The van der Waals surface area contributed by atoms with E-state index in [0.717, 1.165) is 61.8 Å². The van der Waals surface area contributed by atoms with E-state index in [-0.39, 0.29) is 17.7 Å². The molecule has 0 radical (unpaired) electrons. The summed E-state index contributed by atoms with van der Waals surface area (Å²) in [5.74, 6) is 2.42. The number of rotatable bonds is 6. The SMILES string of the molecule is CC(=O)N1CCC(C(=O)NC[C@H]2CC[C@@H](Nc3nc(N(C)C)c4ccccc4n3)CC2)CC1. The van der Waals surface area contributed by atoms with E-state index in [9.17, 15) is 9.59 Å². The number of nitrogens with one attached hydrogen (secondary N) is 2. The van der Waals surface area contributed by atoms with Crippen molar-refractivity contribution < 1.29 is 9.59 Å². The summed E-state index contributed by atoms with van der Waals surface area (Å²) in [4.78, 5) is 37.4. The van der Waals surface area contributed by atoms with E-state index in [4.69, 9.17) is 9.97 Å². The Hall–Kier alpha value is -2.90. The van der Waals surface area contributed by atoms with Gasteiger partial charge in [0.2, 0.25) is 17.8 Å². The van der Waals surface area contributed by atoms with Crippen LogP contribution in [0.15, 0.2) is 24.3 Å². The smallest absolute Gasteiger partial charge is 0.225 e. The molecular formula is C25H36N6O2. The number of hydrogen-bond acceptors (Lipinski definition) is 6. The topological polar surface area (TPSA) is 90.5 Å². The third-order valence-electron chi connectivity index (χ3n) is 7.06. The molecule has 33 heavy (non-hydrogen) atoms. The molecule has 8 heteroatoms. The summed E-state index contributed by atoms with van der Waals surface area (Å²) in [6, 6.07) is 8.45. The van der Waals surface area contributed by atoms with Gasteiger partial charge in [0.15, 0.2) is 0 Å². The summed E-state index contributed by atoms with van der Waals surface area (Å²) < 4.78 is 0. The van der Waals surface area contributed by atoms with Crippen LogP contribution in [0.2, 0.25) is 0 Å². The molecule has 1 aliphatic heterocycles. The van der Waals surface area contributed by atoms with E-state index >= 15 is 0 Å².